The minimum absolute atomic E-state index is 0.459. The van der Waals surface area contributed by atoms with Crippen molar-refractivity contribution in [2.45, 2.75) is 46.0 Å². The maximum Gasteiger partial charge on any atom is 0.191 e. The number of methoxy groups -OCH3 is 1. The molecule has 0 atom stereocenters. The van der Waals surface area contributed by atoms with Crippen molar-refractivity contribution < 1.29 is 9.47 Å². The molecule has 1 aliphatic carbocycles. The smallest absolute Gasteiger partial charge is 0.191 e. The third kappa shape index (κ3) is 7.45. The van der Waals surface area contributed by atoms with Crippen LogP contribution in [0.3, 0.4) is 0 Å². The Labute approximate surface area is 136 Å². The van der Waals surface area contributed by atoms with Gasteiger partial charge in [0.1, 0.15) is 0 Å². The lowest BCUT2D eigenvalue weighted by Crippen LogP contribution is -2.44. The highest BCUT2D eigenvalue weighted by Gasteiger charge is 2.34. The van der Waals surface area contributed by atoms with E-state index in [0.29, 0.717) is 25.2 Å². The van der Waals surface area contributed by atoms with Crippen molar-refractivity contribution in [3.8, 4) is 0 Å². The van der Waals surface area contributed by atoms with Gasteiger partial charge in [-0.2, -0.15) is 0 Å². The van der Waals surface area contributed by atoms with Crippen molar-refractivity contribution in [2.24, 2.45) is 16.3 Å². The van der Waals surface area contributed by atoms with Crippen molar-refractivity contribution in [3.63, 3.8) is 0 Å². The number of guanidine groups is 1. The maximum atomic E-state index is 5.45. The Kier molecular flexibility index (Phi) is 9.48. The normalized spacial score (nSPS) is 18.0. The molecular formula is C17H35N3O2. The van der Waals surface area contributed by atoms with Crippen LogP contribution < -0.4 is 10.6 Å². The Morgan fingerprint density at radius 3 is 2.45 bits per heavy atom. The summed E-state index contributed by atoms with van der Waals surface area (Å²) in [5.74, 6) is 1.63. The van der Waals surface area contributed by atoms with Crippen molar-refractivity contribution >= 4 is 5.96 Å². The van der Waals surface area contributed by atoms with Gasteiger partial charge < -0.3 is 20.1 Å². The van der Waals surface area contributed by atoms with Gasteiger partial charge in [-0.05, 0) is 30.6 Å². The molecule has 2 N–H and O–H groups in total. The highest BCUT2D eigenvalue weighted by Crippen LogP contribution is 2.42. The Morgan fingerprint density at radius 1 is 1.14 bits per heavy atom. The molecule has 5 heteroatoms. The molecule has 0 unspecified atom stereocenters. The van der Waals surface area contributed by atoms with Crippen LogP contribution in [0, 0.1) is 11.3 Å². The summed E-state index contributed by atoms with van der Waals surface area (Å²) in [5.41, 5.74) is 0.459. The molecule has 1 aliphatic rings. The number of ether oxygens (including phenoxy) is 2. The lowest BCUT2D eigenvalue weighted by Gasteiger charge is -2.31. The summed E-state index contributed by atoms with van der Waals surface area (Å²) in [6, 6.07) is 0. The van der Waals surface area contributed by atoms with E-state index >= 15 is 0 Å². The van der Waals surface area contributed by atoms with Crippen LogP contribution in [0.15, 0.2) is 4.99 Å². The molecule has 5 nitrogen and oxygen atoms in total. The SMILES string of the molecule is CN=C(NCCOCCOC)NCC1(CC(C)C)CCCC1. The molecule has 0 aromatic rings. The van der Waals surface area contributed by atoms with Crippen molar-refractivity contribution in [2.75, 3.05) is 47.1 Å². The Balaban J connectivity index is 2.27. The van der Waals surface area contributed by atoms with E-state index in [0.717, 1.165) is 25.0 Å². The summed E-state index contributed by atoms with van der Waals surface area (Å²) in [6.07, 6.45) is 6.73. The van der Waals surface area contributed by atoms with E-state index < -0.39 is 0 Å². The first-order valence-corrected chi connectivity index (χ1v) is 8.63. The van der Waals surface area contributed by atoms with E-state index in [4.69, 9.17) is 9.47 Å². The van der Waals surface area contributed by atoms with Crippen LogP contribution in [0.4, 0.5) is 0 Å². The van der Waals surface area contributed by atoms with Gasteiger partial charge in [0.25, 0.3) is 0 Å². The highest BCUT2D eigenvalue weighted by molar-refractivity contribution is 5.79. The number of hydrogen-bond acceptors (Lipinski definition) is 3. The Hall–Kier alpha value is -0.810. The van der Waals surface area contributed by atoms with Crippen LogP contribution in [-0.2, 0) is 9.47 Å². The first-order valence-electron chi connectivity index (χ1n) is 8.63. The minimum Gasteiger partial charge on any atom is -0.382 e. The van der Waals surface area contributed by atoms with Gasteiger partial charge >= 0.3 is 0 Å². The molecule has 1 saturated carbocycles. The fraction of sp³-hybridized carbons (Fsp3) is 0.941. The van der Waals surface area contributed by atoms with Crippen LogP contribution in [-0.4, -0.2) is 53.0 Å². The maximum absolute atomic E-state index is 5.45. The average molecular weight is 313 g/mol. The summed E-state index contributed by atoms with van der Waals surface area (Å²) < 4.78 is 10.4. The molecule has 0 radical (unpaired) electrons. The standard InChI is InChI=1S/C17H35N3O2/c1-15(2)13-17(7-5-6-8-17)14-20-16(18-3)19-9-10-22-12-11-21-4/h15H,5-14H2,1-4H3,(H2,18,19,20). The lowest BCUT2D eigenvalue weighted by atomic mass is 9.78. The van der Waals surface area contributed by atoms with Crippen molar-refractivity contribution in [3.05, 3.63) is 0 Å². The second-order valence-corrected chi connectivity index (χ2v) is 6.76. The Morgan fingerprint density at radius 2 is 1.86 bits per heavy atom. The fourth-order valence-corrected chi connectivity index (χ4v) is 3.42. The quantitative estimate of drug-likeness (QED) is 0.369. The zero-order valence-corrected chi connectivity index (χ0v) is 14.9. The third-order valence-electron chi connectivity index (χ3n) is 4.33. The van der Waals surface area contributed by atoms with Gasteiger partial charge in [0.15, 0.2) is 5.96 Å². The molecule has 0 amide bonds. The number of rotatable bonds is 10. The summed E-state index contributed by atoms with van der Waals surface area (Å²) in [4.78, 5) is 4.31. The van der Waals surface area contributed by atoms with Gasteiger partial charge in [-0.15, -0.1) is 0 Å². The summed E-state index contributed by atoms with van der Waals surface area (Å²) in [6.45, 7) is 8.39. The van der Waals surface area contributed by atoms with Crippen LogP contribution in [0.1, 0.15) is 46.0 Å². The van der Waals surface area contributed by atoms with Gasteiger partial charge in [-0.25, -0.2) is 0 Å². The molecular weight excluding hydrogens is 278 g/mol. The second-order valence-electron chi connectivity index (χ2n) is 6.76. The van der Waals surface area contributed by atoms with E-state index in [9.17, 15) is 0 Å². The highest BCUT2D eigenvalue weighted by atomic mass is 16.5. The molecule has 1 rings (SSSR count). The number of nitrogens with zero attached hydrogens (tertiary/aromatic N) is 1. The number of nitrogens with one attached hydrogen (secondary N) is 2. The third-order valence-corrected chi connectivity index (χ3v) is 4.33. The van der Waals surface area contributed by atoms with Crippen LogP contribution >= 0.6 is 0 Å². The van der Waals surface area contributed by atoms with Crippen LogP contribution in [0.5, 0.6) is 0 Å². The average Bonchev–Trinajstić information content (AvgIpc) is 2.93. The first kappa shape index (κ1) is 19.2. The molecule has 130 valence electrons. The van der Waals surface area contributed by atoms with E-state index in [-0.39, 0.29) is 0 Å². The number of aliphatic imine (C=N–C) groups is 1. The summed E-state index contributed by atoms with van der Waals surface area (Å²) >= 11 is 0. The minimum atomic E-state index is 0.459. The van der Waals surface area contributed by atoms with Crippen molar-refractivity contribution in [1.82, 2.24) is 10.6 Å². The van der Waals surface area contributed by atoms with E-state index in [1.54, 1.807) is 7.11 Å². The molecule has 22 heavy (non-hydrogen) atoms. The van der Waals surface area contributed by atoms with Crippen molar-refractivity contribution in [1.29, 1.82) is 0 Å². The molecule has 0 saturated heterocycles. The Bertz CT molecular complexity index is 313. The van der Waals surface area contributed by atoms with Gasteiger partial charge in [0.2, 0.25) is 0 Å². The van der Waals surface area contributed by atoms with Crippen LogP contribution in [0.2, 0.25) is 0 Å². The molecule has 0 aromatic heterocycles. The molecule has 0 aliphatic heterocycles. The predicted octanol–water partition coefficient (Wildman–Crippen LogP) is 2.42. The molecule has 1 fully saturated rings. The molecule has 0 heterocycles. The lowest BCUT2D eigenvalue weighted by molar-refractivity contribution is 0.0733. The first-order chi connectivity index (χ1) is 10.6. The summed E-state index contributed by atoms with van der Waals surface area (Å²) in [7, 11) is 3.51. The van der Waals surface area contributed by atoms with Gasteiger partial charge in [-0.1, -0.05) is 26.7 Å². The largest absolute Gasteiger partial charge is 0.382 e. The second kappa shape index (κ2) is 10.8. The zero-order valence-electron chi connectivity index (χ0n) is 14.9. The fourth-order valence-electron chi connectivity index (χ4n) is 3.42. The zero-order chi connectivity index (χ0) is 16.3. The van der Waals surface area contributed by atoms with Crippen LogP contribution in [0.25, 0.3) is 0 Å². The molecule has 0 aromatic carbocycles. The molecule has 0 bridgehead atoms. The summed E-state index contributed by atoms with van der Waals surface area (Å²) in [5, 5.41) is 6.83. The van der Waals surface area contributed by atoms with E-state index in [1.165, 1.54) is 32.1 Å². The van der Waals surface area contributed by atoms with Gasteiger partial charge in [0.05, 0.1) is 19.8 Å². The number of hydrogen-bond donors (Lipinski definition) is 2. The molecule has 0 spiro atoms. The van der Waals surface area contributed by atoms with E-state index in [2.05, 4.69) is 29.5 Å². The predicted molar refractivity (Wildman–Crippen MR) is 92.4 cm³/mol. The topological polar surface area (TPSA) is 54.9 Å². The monoisotopic (exact) mass is 313 g/mol. The van der Waals surface area contributed by atoms with Gasteiger partial charge in [0, 0.05) is 27.2 Å². The van der Waals surface area contributed by atoms with Gasteiger partial charge in [-0.3, -0.25) is 4.99 Å². The van der Waals surface area contributed by atoms with E-state index in [1.807, 2.05) is 7.05 Å².